The smallest absolute Gasteiger partial charge is 0.224 e. The fourth-order valence-corrected chi connectivity index (χ4v) is 2.65. The highest BCUT2D eigenvalue weighted by atomic mass is 16.5. The average molecular weight is 386 g/mol. The summed E-state index contributed by atoms with van der Waals surface area (Å²) in [4.78, 5) is 23.6. The Morgan fingerprint density at radius 3 is 1.75 bits per heavy atom. The molecule has 2 N–H and O–H groups in total. The highest BCUT2D eigenvalue weighted by Crippen LogP contribution is 2.38. The van der Waals surface area contributed by atoms with Crippen molar-refractivity contribution in [2.75, 3.05) is 32.0 Å². The maximum absolute atomic E-state index is 12.3. The molecule has 7 nitrogen and oxygen atoms in total. The second-order valence-electron chi connectivity index (χ2n) is 6.06. The van der Waals surface area contributed by atoms with E-state index in [9.17, 15) is 9.59 Å². The number of benzene rings is 2. The first-order valence-corrected chi connectivity index (χ1v) is 8.99. The van der Waals surface area contributed by atoms with Crippen molar-refractivity contribution in [3.05, 3.63) is 42.0 Å². The van der Waals surface area contributed by atoms with Gasteiger partial charge in [0.15, 0.2) is 11.5 Å². The topological polar surface area (TPSA) is 85.9 Å². The van der Waals surface area contributed by atoms with Crippen molar-refractivity contribution in [1.82, 2.24) is 0 Å². The molecule has 0 aliphatic rings. The van der Waals surface area contributed by atoms with E-state index in [1.165, 1.54) is 0 Å². The second kappa shape index (κ2) is 10.2. The summed E-state index contributed by atoms with van der Waals surface area (Å²) in [7, 11) is 4.66. The van der Waals surface area contributed by atoms with Crippen LogP contribution in [-0.4, -0.2) is 33.1 Å². The van der Waals surface area contributed by atoms with Crippen LogP contribution in [0.25, 0.3) is 0 Å². The van der Waals surface area contributed by atoms with Crippen LogP contribution in [0.1, 0.15) is 25.3 Å². The first-order chi connectivity index (χ1) is 13.5. The molecule has 2 aromatic rings. The van der Waals surface area contributed by atoms with E-state index in [1.807, 2.05) is 12.1 Å². The van der Waals surface area contributed by atoms with Crippen molar-refractivity contribution in [2.45, 2.75) is 26.2 Å². The Balaban J connectivity index is 1.96. The number of carbonyl (C=O) groups excluding carboxylic acids is 2. The second-order valence-corrected chi connectivity index (χ2v) is 6.06. The fraction of sp³-hybridized carbons (Fsp3) is 0.333. The summed E-state index contributed by atoms with van der Waals surface area (Å²) in [5.74, 6) is 1.47. The van der Waals surface area contributed by atoms with Gasteiger partial charge in [0.25, 0.3) is 0 Å². The predicted molar refractivity (Wildman–Crippen MR) is 108 cm³/mol. The minimum atomic E-state index is -0.112. The zero-order chi connectivity index (χ0) is 20.5. The van der Waals surface area contributed by atoms with Gasteiger partial charge in [-0.25, -0.2) is 0 Å². The minimum Gasteiger partial charge on any atom is -0.493 e. The number of nitrogens with one attached hydrogen (secondary N) is 2. The molecule has 0 aliphatic carbocycles. The monoisotopic (exact) mass is 386 g/mol. The largest absolute Gasteiger partial charge is 0.493 e. The third-order valence-electron chi connectivity index (χ3n) is 4.14. The van der Waals surface area contributed by atoms with Gasteiger partial charge in [0, 0.05) is 24.2 Å². The summed E-state index contributed by atoms with van der Waals surface area (Å²) in [6.45, 7) is 1.79. The first-order valence-electron chi connectivity index (χ1n) is 8.99. The molecule has 0 radical (unpaired) electrons. The Morgan fingerprint density at radius 2 is 1.32 bits per heavy atom. The number of anilines is 2. The van der Waals surface area contributed by atoms with Crippen LogP contribution in [-0.2, 0) is 16.0 Å². The van der Waals surface area contributed by atoms with Crippen LogP contribution in [0.15, 0.2) is 36.4 Å². The zero-order valence-electron chi connectivity index (χ0n) is 16.6. The van der Waals surface area contributed by atoms with Crippen LogP contribution in [0.2, 0.25) is 0 Å². The number of aryl methyl sites for hydroxylation is 1. The van der Waals surface area contributed by atoms with Crippen molar-refractivity contribution < 1.29 is 23.8 Å². The van der Waals surface area contributed by atoms with Crippen LogP contribution in [0.3, 0.4) is 0 Å². The molecule has 0 bridgehead atoms. The number of methoxy groups -OCH3 is 3. The normalized spacial score (nSPS) is 10.1. The summed E-state index contributed by atoms with van der Waals surface area (Å²) in [6, 6.07) is 10.7. The molecule has 2 rings (SSSR count). The van der Waals surface area contributed by atoms with Crippen LogP contribution >= 0.6 is 0 Å². The molecule has 0 spiro atoms. The summed E-state index contributed by atoms with van der Waals surface area (Å²) >= 11 is 0. The molecule has 150 valence electrons. The first kappa shape index (κ1) is 21.1. The summed E-state index contributed by atoms with van der Waals surface area (Å²) < 4.78 is 16.0. The third-order valence-corrected chi connectivity index (χ3v) is 4.14. The Morgan fingerprint density at radius 1 is 0.821 bits per heavy atom. The maximum Gasteiger partial charge on any atom is 0.224 e. The number of hydrogen-bond acceptors (Lipinski definition) is 5. The standard InChI is InChI=1S/C21H26N2O5/c1-5-19(24)22-15-7-9-16(10-8-15)23-20(25)11-6-14-12-17(26-2)21(28-4)18(13-14)27-3/h7-10,12-13H,5-6,11H2,1-4H3,(H,22,24)(H,23,25). The van der Waals surface area contributed by atoms with Crippen molar-refractivity contribution in [1.29, 1.82) is 0 Å². The Hall–Kier alpha value is -3.22. The van der Waals surface area contributed by atoms with E-state index in [0.717, 1.165) is 5.56 Å². The van der Waals surface area contributed by atoms with E-state index < -0.39 is 0 Å². The molecular formula is C21H26N2O5. The molecule has 0 heterocycles. The Bertz CT molecular complexity index is 793. The van der Waals surface area contributed by atoms with Crippen molar-refractivity contribution in [2.24, 2.45) is 0 Å². The van der Waals surface area contributed by atoms with E-state index in [1.54, 1.807) is 52.5 Å². The van der Waals surface area contributed by atoms with Gasteiger partial charge >= 0.3 is 0 Å². The molecule has 0 saturated heterocycles. The Labute approximate surface area is 165 Å². The van der Waals surface area contributed by atoms with Crippen molar-refractivity contribution >= 4 is 23.2 Å². The van der Waals surface area contributed by atoms with Crippen LogP contribution in [0.5, 0.6) is 17.2 Å². The zero-order valence-corrected chi connectivity index (χ0v) is 16.6. The van der Waals surface area contributed by atoms with E-state index in [-0.39, 0.29) is 11.8 Å². The molecule has 28 heavy (non-hydrogen) atoms. The molecule has 7 heteroatoms. The molecule has 2 aromatic carbocycles. The van der Waals surface area contributed by atoms with Gasteiger partial charge in [0.2, 0.25) is 17.6 Å². The molecule has 0 aromatic heterocycles. The van der Waals surface area contributed by atoms with Gasteiger partial charge < -0.3 is 24.8 Å². The molecule has 2 amide bonds. The van der Waals surface area contributed by atoms with Crippen molar-refractivity contribution in [3.8, 4) is 17.2 Å². The lowest BCUT2D eigenvalue weighted by molar-refractivity contribution is -0.116. The van der Waals surface area contributed by atoms with Gasteiger partial charge in [-0.2, -0.15) is 0 Å². The lowest BCUT2D eigenvalue weighted by atomic mass is 10.1. The molecule has 0 unspecified atom stereocenters. The van der Waals surface area contributed by atoms with Gasteiger partial charge in [-0.05, 0) is 48.4 Å². The van der Waals surface area contributed by atoms with E-state index in [0.29, 0.717) is 47.9 Å². The van der Waals surface area contributed by atoms with E-state index in [4.69, 9.17) is 14.2 Å². The van der Waals surface area contributed by atoms with Crippen LogP contribution < -0.4 is 24.8 Å². The summed E-state index contributed by atoms with van der Waals surface area (Å²) in [6.07, 6.45) is 1.24. The van der Waals surface area contributed by atoms with Crippen LogP contribution in [0.4, 0.5) is 11.4 Å². The lowest BCUT2D eigenvalue weighted by Crippen LogP contribution is -2.13. The molecule has 0 atom stereocenters. The fourth-order valence-electron chi connectivity index (χ4n) is 2.65. The molecular weight excluding hydrogens is 360 g/mol. The van der Waals surface area contributed by atoms with Gasteiger partial charge in [0.05, 0.1) is 21.3 Å². The van der Waals surface area contributed by atoms with Gasteiger partial charge in [0.1, 0.15) is 0 Å². The number of carbonyl (C=O) groups is 2. The van der Waals surface area contributed by atoms with Gasteiger partial charge in [-0.3, -0.25) is 9.59 Å². The minimum absolute atomic E-state index is 0.0536. The third kappa shape index (κ3) is 5.64. The van der Waals surface area contributed by atoms with Crippen molar-refractivity contribution in [3.63, 3.8) is 0 Å². The molecule has 0 aliphatic heterocycles. The van der Waals surface area contributed by atoms with E-state index in [2.05, 4.69) is 10.6 Å². The molecule has 0 saturated carbocycles. The van der Waals surface area contributed by atoms with Crippen LogP contribution in [0, 0.1) is 0 Å². The summed E-state index contributed by atoms with van der Waals surface area (Å²) in [5.41, 5.74) is 2.27. The quantitative estimate of drug-likeness (QED) is 0.687. The Kier molecular flexibility index (Phi) is 7.68. The number of amides is 2. The number of rotatable bonds is 9. The predicted octanol–water partition coefficient (Wildman–Crippen LogP) is 3.63. The SMILES string of the molecule is CCC(=O)Nc1ccc(NC(=O)CCc2cc(OC)c(OC)c(OC)c2)cc1. The van der Waals surface area contributed by atoms with E-state index >= 15 is 0 Å². The summed E-state index contributed by atoms with van der Waals surface area (Å²) in [5, 5.41) is 5.61. The van der Waals surface area contributed by atoms with Gasteiger partial charge in [-0.1, -0.05) is 6.92 Å². The number of hydrogen-bond donors (Lipinski definition) is 2. The lowest BCUT2D eigenvalue weighted by Gasteiger charge is -2.14. The highest BCUT2D eigenvalue weighted by molar-refractivity contribution is 5.92. The van der Waals surface area contributed by atoms with Gasteiger partial charge in [-0.15, -0.1) is 0 Å². The number of ether oxygens (including phenoxy) is 3. The average Bonchev–Trinajstić information content (AvgIpc) is 2.72. The molecule has 0 fully saturated rings. The highest BCUT2D eigenvalue weighted by Gasteiger charge is 2.14. The maximum atomic E-state index is 12.3.